The number of nitrogens with two attached hydrogens (primary N) is 1. The van der Waals surface area contributed by atoms with E-state index in [1.807, 2.05) is 25.3 Å². The average Bonchev–Trinajstić information content (AvgIpc) is 3.01. The smallest absolute Gasteiger partial charge is 0.258 e. The summed E-state index contributed by atoms with van der Waals surface area (Å²) in [5, 5.41) is 14.5. The van der Waals surface area contributed by atoms with E-state index >= 15 is 0 Å². The maximum absolute atomic E-state index is 12.1. The zero-order valence-electron chi connectivity index (χ0n) is 12.3. The zero-order chi connectivity index (χ0) is 15.4. The number of amides is 1. The van der Waals surface area contributed by atoms with Gasteiger partial charge in [0.05, 0.1) is 6.54 Å². The molecule has 0 radical (unpaired) electrons. The Morgan fingerprint density at radius 1 is 1.52 bits per heavy atom. The molecule has 2 aromatic heterocycles. The third-order valence-corrected chi connectivity index (χ3v) is 3.63. The van der Waals surface area contributed by atoms with Crippen molar-refractivity contribution in [2.24, 2.45) is 0 Å². The Bertz CT molecular complexity index is 619. The quantitative estimate of drug-likeness (QED) is 0.736. The van der Waals surface area contributed by atoms with E-state index in [2.05, 4.69) is 25.2 Å². The van der Waals surface area contributed by atoms with Crippen LogP contribution >= 0.6 is 11.5 Å². The first-order valence-electron chi connectivity index (χ1n) is 6.69. The molecule has 2 aromatic rings. The number of carbonyl (C=O) groups is 1. The van der Waals surface area contributed by atoms with Gasteiger partial charge in [-0.25, -0.2) is 0 Å². The predicted octanol–water partition coefficient (Wildman–Crippen LogP) is 1.09. The number of rotatable bonds is 6. The van der Waals surface area contributed by atoms with E-state index in [0.29, 0.717) is 17.1 Å². The molecule has 114 valence electrons. The molecule has 1 amide bonds. The van der Waals surface area contributed by atoms with Crippen LogP contribution in [0.1, 0.15) is 37.0 Å². The van der Waals surface area contributed by atoms with E-state index in [-0.39, 0.29) is 17.8 Å². The molecular weight excluding hydrogens is 290 g/mol. The van der Waals surface area contributed by atoms with Crippen LogP contribution in [0, 0.1) is 0 Å². The Balaban J connectivity index is 2.12. The fourth-order valence-electron chi connectivity index (χ4n) is 1.82. The first-order chi connectivity index (χ1) is 10.0. The Hall–Kier alpha value is -2.16. The summed E-state index contributed by atoms with van der Waals surface area (Å²) in [6.07, 6.45) is 1.67. The monoisotopic (exact) mass is 309 g/mol. The standard InChI is InChI=1S/C12H19N7OS/c1-4-19-6-15-17-8(19)5-14-12-9(10(13)18-21-12)11(20)16-7(2)3/h6-7,14H,4-5H2,1-3H3,(H2,13,18)(H,16,20). The van der Waals surface area contributed by atoms with Crippen LogP contribution in [0.15, 0.2) is 6.33 Å². The molecule has 0 aliphatic rings. The second-order valence-corrected chi connectivity index (χ2v) is 5.56. The van der Waals surface area contributed by atoms with Crippen molar-refractivity contribution in [1.82, 2.24) is 24.5 Å². The van der Waals surface area contributed by atoms with Crippen LogP contribution in [-0.2, 0) is 13.1 Å². The van der Waals surface area contributed by atoms with E-state index in [1.165, 1.54) is 0 Å². The molecule has 0 unspecified atom stereocenters. The van der Waals surface area contributed by atoms with Crippen LogP contribution in [0.4, 0.5) is 10.8 Å². The summed E-state index contributed by atoms with van der Waals surface area (Å²) in [5.74, 6) is 0.799. The lowest BCUT2D eigenvalue weighted by Gasteiger charge is -2.10. The van der Waals surface area contributed by atoms with E-state index < -0.39 is 0 Å². The predicted molar refractivity (Wildman–Crippen MR) is 82.2 cm³/mol. The number of carbonyl (C=O) groups excluding carboxylic acids is 1. The number of aryl methyl sites for hydroxylation is 1. The average molecular weight is 309 g/mol. The minimum absolute atomic E-state index is 0.0350. The molecule has 0 saturated heterocycles. The van der Waals surface area contributed by atoms with E-state index in [4.69, 9.17) is 5.73 Å². The Labute approximate surface area is 126 Å². The van der Waals surface area contributed by atoms with Gasteiger partial charge in [0, 0.05) is 12.6 Å². The number of hydrogen-bond acceptors (Lipinski definition) is 7. The molecule has 0 aliphatic heterocycles. The fourth-order valence-corrected chi connectivity index (χ4v) is 2.52. The highest BCUT2D eigenvalue weighted by Crippen LogP contribution is 2.27. The van der Waals surface area contributed by atoms with Crippen molar-refractivity contribution in [3.8, 4) is 0 Å². The third-order valence-electron chi connectivity index (χ3n) is 2.81. The lowest BCUT2D eigenvalue weighted by atomic mass is 10.2. The van der Waals surface area contributed by atoms with Crippen molar-refractivity contribution in [3.05, 3.63) is 17.7 Å². The molecule has 0 bridgehead atoms. The lowest BCUT2D eigenvalue weighted by molar-refractivity contribution is 0.0945. The normalized spacial score (nSPS) is 10.9. The number of nitrogen functional groups attached to an aromatic ring is 1. The number of nitrogens with zero attached hydrogens (tertiary/aromatic N) is 4. The van der Waals surface area contributed by atoms with Crippen molar-refractivity contribution in [2.45, 2.75) is 39.9 Å². The minimum Gasteiger partial charge on any atom is -0.382 e. The number of nitrogens with one attached hydrogen (secondary N) is 2. The van der Waals surface area contributed by atoms with Gasteiger partial charge < -0.3 is 20.9 Å². The highest BCUT2D eigenvalue weighted by atomic mass is 32.1. The van der Waals surface area contributed by atoms with Crippen molar-refractivity contribution >= 4 is 28.3 Å². The van der Waals surface area contributed by atoms with Crippen LogP contribution in [0.3, 0.4) is 0 Å². The fraction of sp³-hybridized carbons (Fsp3) is 0.500. The topological polar surface area (TPSA) is 111 Å². The Morgan fingerprint density at radius 2 is 2.29 bits per heavy atom. The van der Waals surface area contributed by atoms with Gasteiger partial charge in [0.1, 0.15) is 16.9 Å². The van der Waals surface area contributed by atoms with Gasteiger partial charge in [-0.3, -0.25) is 4.79 Å². The largest absolute Gasteiger partial charge is 0.382 e. The first kappa shape index (κ1) is 15.2. The molecule has 21 heavy (non-hydrogen) atoms. The molecule has 8 nitrogen and oxygen atoms in total. The Kier molecular flexibility index (Phi) is 4.73. The summed E-state index contributed by atoms with van der Waals surface area (Å²) in [7, 11) is 0. The van der Waals surface area contributed by atoms with E-state index in [0.717, 1.165) is 23.9 Å². The first-order valence-corrected chi connectivity index (χ1v) is 7.46. The number of hydrogen-bond donors (Lipinski definition) is 3. The highest BCUT2D eigenvalue weighted by Gasteiger charge is 2.20. The SMILES string of the molecule is CCn1cnnc1CNc1snc(N)c1C(=O)NC(C)C. The summed E-state index contributed by atoms with van der Waals surface area (Å²) < 4.78 is 5.96. The number of anilines is 2. The van der Waals surface area contributed by atoms with Gasteiger partial charge in [-0.1, -0.05) is 0 Å². The van der Waals surface area contributed by atoms with Gasteiger partial charge in [-0.2, -0.15) is 4.37 Å². The van der Waals surface area contributed by atoms with Gasteiger partial charge >= 0.3 is 0 Å². The van der Waals surface area contributed by atoms with Gasteiger partial charge in [0.15, 0.2) is 11.6 Å². The number of aromatic nitrogens is 4. The summed E-state index contributed by atoms with van der Waals surface area (Å²) in [4.78, 5) is 12.1. The molecule has 2 rings (SSSR count). The second kappa shape index (κ2) is 6.53. The van der Waals surface area contributed by atoms with Crippen LogP contribution in [0.5, 0.6) is 0 Å². The molecule has 4 N–H and O–H groups in total. The van der Waals surface area contributed by atoms with Crippen molar-refractivity contribution in [3.63, 3.8) is 0 Å². The maximum Gasteiger partial charge on any atom is 0.258 e. The van der Waals surface area contributed by atoms with E-state index in [9.17, 15) is 4.79 Å². The molecule has 0 aromatic carbocycles. The van der Waals surface area contributed by atoms with Crippen molar-refractivity contribution < 1.29 is 4.79 Å². The second-order valence-electron chi connectivity index (χ2n) is 4.79. The van der Waals surface area contributed by atoms with Crippen LogP contribution < -0.4 is 16.4 Å². The van der Waals surface area contributed by atoms with Crippen molar-refractivity contribution in [2.75, 3.05) is 11.1 Å². The van der Waals surface area contributed by atoms with Gasteiger partial charge in [-0.15, -0.1) is 10.2 Å². The van der Waals surface area contributed by atoms with Crippen LogP contribution in [-0.4, -0.2) is 31.1 Å². The van der Waals surface area contributed by atoms with Gasteiger partial charge in [0.25, 0.3) is 5.91 Å². The molecule has 0 aliphatic carbocycles. The van der Waals surface area contributed by atoms with E-state index in [1.54, 1.807) is 6.33 Å². The molecule has 0 saturated carbocycles. The van der Waals surface area contributed by atoms with Gasteiger partial charge in [0.2, 0.25) is 0 Å². The molecule has 9 heteroatoms. The summed E-state index contributed by atoms with van der Waals surface area (Å²) >= 11 is 1.16. The van der Waals surface area contributed by atoms with Crippen LogP contribution in [0.25, 0.3) is 0 Å². The minimum atomic E-state index is -0.226. The zero-order valence-corrected chi connectivity index (χ0v) is 13.1. The maximum atomic E-state index is 12.1. The molecule has 0 atom stereocenters. The lowest BCUT2D eigenvalue weighted by Crippen LogP contribution is -2.30. The Morgan fingerprint density at radius 3 is 2.95 bits per heavy atom. The molecule has 2 heterocycles. The van der Waals surface area contributed by atoms with Crippen LogP contribution in [0.2, 0.25) is 0 Å². The summed E-state index contributed by atoms with van der Waals surface area (Å²) in [6, 6.07) is 0.0350. The van der Waals surface area contributed by atoms with Gasteiger partial charge in [-0.05, 0) is 32.3 Å². The highest BCUT2D eigenvalue weighted by molar-refractivity contribution is 7.11. The molecule has 0 spiro atoms. The molecular formula is C12H19N7OS. The third kappa shape index (κ3) is 3.48. The summed E-state index contributed by atoms with van der Waals surface area (Å²) in [5.41, 5.74) is 6.17. The summed E-state index contributed by atoms with van der Waals surface area (Å²) in [6.45, 7) is 7.04. The van der Waals surface area contributed by atoms with Crippen molar-refractivity contribution in [1.29, 1.82) is 0 Å². The molecule has 0 fully saturated rings.